The third-order valence-corrected chi connectivity index (χ3v) is 3.96. The van der Waals surface area contributed by atoms with Crippen molar-refractivity contribution in [2.24, 2.45) is 0 Å². The fraction of sp³-hybridized carbons (Fsp3) is 0. The molecule has 0 aromatic heterocycles. The first-order chi connectivity index (χ1) is 9.97. The lowest BCUT2D eigenvalue weighted by Crippen LogP contribution is -1.91. The van der Waals surface area contributed by atoms with Crippen LogP contribution in [0.1, 0.15) is 5.56 Å². The summed E-state index contributed by atoms with van der Waals surface area (Å²) in [5.41, 5.74) is 0.511. The van der Waals surface area contributed by atoms with Crippen molar-refractivity contribution in [2.75, 3.05) is 0 Å². The molecule has 6 heteroatoms. The molecule has 0 heterocycles. The smallest absolute Gasteiger partial charge is 0.328 e. The van der Waals surface area contributed by atoms with Crippen molar-refractivity contribution >= 4 is 55.5 Å². The zero-order valence-corrected chi connectivity index (χ0v) is 14.4. The van der Waals surface area contributed by atoms with Crippen molar-refractivity contribution in [3.63, 3.8) is 0 Å². The molecule has 0 radical (unpaired) electrons. The highest BCUT2D eigenvalue weighted by Crippen LogP contribution is 2.36. The molecule has 0 fully saturated rings. The van der Waals surface area contributed by atoms with E-state index in [0.29, 0.717) is 22.1 Å². The highest BCUT2D eigenvalue weighted by molar-refractivity contribution is 9.11. The minimum atomic E-state index is -1.05. The zero-order valence-electron chi connectivity index (χ0n) is 10.5. The Labute approximate surface area is 143 Å². The molecule has 0 spiro atoms. The van der Waals surface area contributed by atoms with E-state index in [9.17, 15) is 4.79 Å². The predicted octanol–water partition coefficient (Wildman–Crippen LogP) is 5.76. The summed E-state index contributed by atoms with van der Waals surface area (Å²) in [7, 11) is 0. The normalized spacial score (nSPS) is 10.8. The Kier molecular flexibility index (Phi) is 5.45. The minimum Gasteiger partial charge on any atom is -0.478 e. The van der Waals surface area contributed by atoms with Crippen molar-refractivity contribution in [1.82, 2.24) is 0 Å². The van der Waals surface area contributed by atoms with E-state index >= 15 is 0 Å². The van der Waals surface area contributed by atoms with E-state index in [2.05, 4.69) is 31.9 Å². The topological polar surface area (TPSA) is 46.5 Å². The van der Waals surface area contributed by atoms with Crippen LogP contribution in [-0.2, 0) is 4.79 Å². The molecule has 2 aromatic carbocycles. The number of carboxylic acid groups (broad SMARTS) is 1. The molecule has 0 amide bonds. The van der Waals surface area contributed by atoms with Gasteiger partial charge in [-0.05, 0) is 52.3 Å². The Hall–Kier alpha value is -1.30. The van der Waals surface area contributed by atoms with Crippen LogP contribution >= 0.6 is 43.5 Å². The molecule has 0 saturated carbocycles. The van der Waals surface area contributed by atoms with E-state index in [0.717, 1.165) is 15.0 Å². The molecule has 0 unspecified atom stereocenters. The van der Waals surface area contributed by atoms with Crippen molar-refractivity contribution in [3.8, 4) is 11.5 Å². The Balaban J connectivity index is 2.40. The van der Waals surface area contributed by atoms with Gasteiger partial charge in [0.1, 0.15) is 11.5 Å². The molecule has 0 saturated heterocycles. The summed E-state index contributed by atoms with van der Waals surface area (Å²) in [4.78, 5) is 10.7. The Morgan fingerprint density at radius 2 is 1.95 bits per heavy atom. The van der Waals surface area contributed by atoms with Gasteiger partial charge >= 0.3 is 5.97 Å². The van der Waals surface area contributed by atoms with Crippen LogP contribution in [-0.4, -0.2) is 11.1 Å². The number of carboxylic acids is 1. The second-order valence-electron chi connectivity index (χ2n) is 4.00. The first kappa shape index (κ1) is 16.1. The maximum absolute atomic E-state index is 10.7. The van der Waals surface area contributed by atoms with E-state index in [4.69, 9.17) is 21.4 Å². The fourth-order valence-electron chi connectivity index (χ4n) is 1.60. The highest BCUT2D eigenvalue weighted by atomic mass is 79.9. The van der Waals surface area contributed by atoms with Gasteiger partial charge in [-0.1, -0.05) is 33.6 Å². The number of hydrogen-bond donors (Lipinski definition) is 1. The summed E-state index contributed by atoms with van der Waals surface area (Å²) >= 11 is 12.9. The molecular weight excluding hydrogens is 423 g/mol. The van der Waals surface area contributed by atoms with E-state index in [1.807, 2.05) is 12.1 Å². The largest absolute Gasteiger partial charge is 0.478 e. The zero-order chi connectivity index (χ0) is 15.4. The molecule has 108 valence electrons. The van der Waals surface area contributed by atoms with Crippen LogP contribution < -0.4 is 4.74 Å². The van der Waals surface area contributed by atoms with E-state index in [-0.39, 0.29) is 0 Å². The fourth-order valence-corrected chi connectivity index (χ4v) is 2.96. The molecular formula is C15H9Br2ClO3. The molecule has 3 nitrogen and oxygen atoms in total. The van der Waals surface area contributed by atoms with Crippen LogP contribution in [0.4, 0.5) is 0 Å². The second-order valence-corrected chi connectivity index (χ2v) is 6.18. The average Bonchev–Trinajstić information content (AvgIpc) is 2.41. The summed E-state index contributed by atoms with van der Waals surface area (Å²) in [5, 5.41) is 9.15. The summed E-state index contributed by atoms with van der Waals surface area (Å²) in [5.74, 6) is 0.0270. The van der Waals surface area contributed by atoms with Crippen LogP contribution in [0.15, 0.2) is 51.4 Å². The minimum absolute atomic E-state index is 0.415. The quantitative estimate of drug-likeness (QED) is 0.626. The van der Waals surface area contributed by atoms with E-state index in [1.165, 1.54) is 6.08 Å². The standard InChI is InChI=1S/C15H9Br2ClO3/c16-9-4-6-14(11(17)8-9)21-13-3-1-2-12(18)10(13)5-7-15(19)20/h1-8H,(H,19,20). The Bertz CT molecular complexity index is 714. The summed E-state index contributed by atoms with van der Waals surface area (Å²) < 4.78 is 7.50. The molecule has 21 heavy (non-hydrogen) atoms. The Morgan fingerprint density at radius 3 is 2.62 bits per heavy atom. The van der Waals surface area contributed by atoms with Gasteiger partial charge in [-0.2, -0.15) is 0 Å². The lowest BCUT2D eigenvalue weighted by atomic mass is 10.2. The monoisotopic (exact) mass is 430 g/mol. The lowest BCUT2D eigenvalue weighted by Gasteiger charge is -2.11. The number of rotatable bonds is 4. The summed E-state index contributed by atoms with van der Waals surface area (Å²) in [6, 6.07) is 10.6. The van der Waals surface area contributed by atoms with Gasteiger partial charge in [-0.15, -0.1) is 0 Å². The second kappa shape index (κ2) is 7.11. The highest BCUT2D eigenvalue weighted by Gasteiger charge is 2.09. The van der Waals surface area contributed by atoms with E-state index < -0.39 is 5.97 Å². The third kappa shape index (κ3) is 4.33. The van der Waals surface area contributed by atoms with Crippen LogP contribution in [0.25, 0.3) is 6.08 Å². The molecule has 0 bridgehead atoms. The number of hydrogen-bond acceptors (Lipinski definition) is 2. The lowest BCUT2D eigenvalue weighted by molar-refractivity contribution is -0.131. The van der Waals surface area contributed by atoms with Gasteiger partial charge in [0, 0.05) is 16.1 Å². The maximum Gasteiger partial charge on any atom is 0.328 e. The van der Waals surface area contributed by atoms with Crippen molar-refractivity contribution < 1.29 is 14.6 Å². The number of ether oxygens (including phenoxy) is 1. The molecule has 2 rings (SSSR count). The first-order valence-electron chi connectivity index (χ1n) is 5.80. The molecule has 0 atom stereocenters. The van der Waals surface area contributed by atoms with Gasteiger partial charge in [0.15, 0.2) is 0 Å². The van der Waals surface area contributed by atoms with E-state index in [1.54, 1.807) is 24.3 Å². The van der Waals surface area contributed by atoms with Gasteiger partial charge in [-0.25, -0.2) is 4.79 Å². The molecule has 0 aliphatic heterocycles. The number of halogens is 3. The van der Waals surface area contributed by atoms with Crippen LogP contribution in [0, 0.1) is 0 Å². The molecule has 0 aliphatic rings. The van der Waals surface area contributed by atoms with Gasteiger partial charge < -0.3 is 9.84 Å². The summed E-state index contributed by atoms with van der Waals surface area (Å²) in [6.07, 6.45) is 2.43. The van der Waals surface area contributed by atoms with Crippen molar-refractivity contribution in [1.29, 1.82) is 0 Å². The summed E-state index contributed by atoms with van der Waals surface area (Å²) in [6.45, 7) is 0. The Morgan fingerprint density at radius 1 is 1.19 bits per heavy atom. The van der Waals surface area contributed by atoms with Crippen LogP contribution in [0.3, 0.4) is 0 Å². The maximum atomic E-state index is 10.7. The number of carbonyl (C=O) groups is 1. The molecule has 2 aromatic rings. The average molecular weight is 432 g/mol. The van der Waals surface area contributed by atoms with Gasteiger partial charge in [-0.3, -0.25) is 0 Å². The van der Waals surface area contributed by atoms with Gasteiger partial charge in [0.05, 0.1) is 9.50 Å². The SMILES string of the molecule is O=C(O)C=Cc1c(Cl)cccc1Oc1ccc(Br)cc1Br. The van der Waals surface area contributed by atoms with Crippen molar-refractivity contribution in [3.05, 3.63) is 62.0 Å². The molecule has 1 N–H and O–H groups in total. The first-order valence-corrected chi connectivity index (χ1v) is 7.76. The third-order valence-electron chi connectivity index (χ3n) is 2.52. The number of aliphatic carboxylic acids is 1. The van der Waals surface area contributed by atoms with Crippen LogP contribution in [0.5, 0.6) is 11.5 Å². The van der Waals surface area contributed by atoms with Crippen molar-refractivity contribution in [2.45, 2.75) is 0 Å². The molecule has 0 aliphatic carbocycles. The van der Waals surface area contributed by atoms with Gasteiger partial charge in [0.25, 0.3) is 0 Å². The predicted molar refractivity (Wildman–Crippen MR) is 90.0 cm³/mol. The number of benzene rings is 2. The van der Waals surface area contributed by atoms with Gasteiger partial charge in [0.2, 0.25) is 0 Å². The van der Waals surface area contributed by atoms with Crippen LogP contribution in [0.2, 0.25) is 5.02 Å².